The second-order valence-corrected chi connectivity index (χ2v) is 14.9. The highest BCUT2D eigenvalue weighted by Crippen LogP contribution is 2.22. The summed E-state index contributed by atoms with van der Waals surface area (Å²) in [5, 5.41) is 0. The molecule has 37 heavy (non-hydrogen) atoms. The second-order valence-electron chi connectivity index (χ2n) is 9.85. The summed E-state index contributed by atoms with van der Waals surface area (Å²) in [6, 6.07) is 15.5. The van der Waals surface area contributed by atoms with E-state index in [9.17, 15) is 8.42 Å². The molecule has 0 spiro atoms. The van der Waals surface area contributed by atoms with Crippen LogP contribution in [0.25, 0.3) is 0 Å². The molecule has 0 bridgehead atoms. The van der Waals surface area contributed by atoms with E-state index >= 15 is 0 Å². The van der Waals surface area contributed by atoms with Gasteiger partial charge in [0.15, 0.2) is 9.84 Å². The molecule has 6 nitrogen and oxygen atoms in total. The molecule has 0 amide bonds. The molecule has 2 rings (SSSR count). The third-order valence-electron chi connectivity index (χ3n) is 6.76. The SMILES string of the molecule is CO[Si](CCCCCCCCCCOc1ccc(S(=O)(=O)Cc2ccc(C(C)C)cc2)cc1)(OC)OC. The Bertz CT molecular complexity index is 978. The average Bonchev–Trinajstić information content (AvgIpc) is 2.90. The van der Waals surface area contributed by atoms with E-state index in [-0.39, 0.29) is 5.75 Å². The smallest absolute Gasteiger partial charge is 0.494 e. The normalized spacial score (nSPS) is 12.3. The summed E-state index contributed by atoms with van der Waals surface area (Å²) in [6.45, 7) is 4.89. The van der Waals surface area contributed by atoms with Crippen molar-refractivity contribution >= 4 is 18.6 Å². The van der Waals surface area contributed by atoms with E-state index in [0.717, 1.165) is 30.9 Å². The number of hydrogen-bond acceptors (Lipinski definition) is 6. The predicted molar refractivity (Wildman–Crippen MR) is 152 cm³/mol. The molecule has 0 aliphatic heterocycles. The molecule has 0 saturated heterocycles. The second kappa shape index (κ2) is 16.3. The summed E-state index contributed by atoms with van der Waals surface area (Å²) in [7, 11) is -0.813. The lowest BCUT2D eigenvalue weighted by Gasteiger charge is -2.24. The maximum Gasteiger partial charge on any atom is 0.500 e. The van der Waals surface area contributed by atoms with Crippen LogP contribution in [0.15, 0.2) is 53.4 Å². The summed E-state index contributed by atoms with van der Waals surface area (Å²) in [4.78, 5) is 0.326. The van der Waals surface area contributed by atoms with Gasteiger partial charge in [-0.1, -0.05) is 76.6 Å². The molecule has 8 heteroatoms. The van der Waals surface area contributed by atoms with Gasteiger partial charge < -0.3 is 18.0 Å². The highest BCUT2D eigenvalue weighted by Gasteiger charge is 2.36. The maximum absolute atomic E-state index is 12.8. The van der Waals surface area contributed by atoms with E-state index in [2.05, 4.69) is 13.8 Å². The molecular weight excluding hydrogens is 504 g/mol. The molecule has 0 N–H and O–H groups in total. The van der Waals surface area contributed by atoms with Crippen LogP contribution in [0.4, 0.5) is 0 Å². The first-order valence-electron chi connectivity index (χ1n) is 13.4. The topological polar surface area (TPSA) is 71.1 Å². The molecular formula is C29H46O6SSi. The highest BCUT2D eigenvalue weighted by atomic mass is 32.2. The van der Waals surface area contributed by atoms with Crippen LogP contribution in [0.5, 0.6) is 5.75 Å². The van der Waals surface area contributed by atoms with Crippen molar-refractivity contribution in [2.75, 3.05) is 27.9 Å². The van der Waals surface area contributed by atoms with Crippen LogP contribution in [-0.2, 0) is 28.9 Å². The molecule has 0 radical (unpaired) electrons. The van der Waals surface area contributed by atoms with Gasteiger partial charge in [0.2, 0.25) is 0 Å². The first-order valence-corrected chi connectivity index (χ1v) is 17.0. The summed E-state index contributed by atoms with van der Waals surface area (Å²) in [6.07, 6.45) is 9.26. The standard InChI is InChI=1S/C29H46O6SSi/c1-25(2)27-16-14-26(15-17-27)24-36(30,31)29-20-18-28(19-21-29)35-22-12-10-8-6-7-9-11-13-23-37(32-3,33-4)34-5/h14-21,25H,6-13,22-24H2,1-5H3. The summed E-state index contributed by atoms with van der Waals surface area (Å²) < 4.78 is 47.8. The molecule has 0 aromatic heterocycles. The Hall–Kier alpha value is -1.71. The molecule has 0 fully saturated rings. The van der Waals surface area contributed by atoms with Gasteiger partial charge in [0.1, 0.15) is 5.75 Å². The number of sulfone groups is 1. The number of unbranched alkanes of at least 4 members (excludes halogenated alkanes) is 7. The van der Waals surface area contributed by atoms with E-state index in [0.29, 0.717) is 23.2 Å². The Balaban J connectivity index is 1.60. The number of benzene rings is 2. The lowest BCUT2D eigenvalue weighted by Crippen LogP contribution is -2.42. The fourth-order valence-electron chi connectivity index (χ4n) is 4.30. The Morgan fingerprint density at radius 1 is 0.703 bits per heavy atom. The summed E-state index contributed by atoms with van der Waals surface area (Å²) in [5.41, 5.74) is 2.01. The molecule has 0 aliphatic rings. The molecule has 0 atom stereocenters. The molecule has 2 aromatic carbocycles. The fraction of sp³-hybridized carbons (Fsp3) is 0.586. The lowest BCUT2D eigenvalue weighted by atomic mass is 10.0. The van der Waals surface area contributed by atoms with Crippen LogP contribution >= 0.6 is 0 Å². The van der Waals surface area contributed by atoms with Crippen molar-refractivity contribution in [3.63, 3.8) is 0 Å². The van der Waals surface area contributed by atoms with Crippen molar-refractivity contribution < 1.29 is 26.4 Å². The number of rotatable bonds is 19. The van der Waals surface area contributed by atoms with E-state index < -0.39 is 18.6 Å². The third kappa shape index (κ3) is 10.9. The van der Waals surface area contributed by atoms with Gasteiger partial charge in [-0.3, -0.25) is 0 Å². The van der Waals surface area contributed by atoms with Gasteiger partial charge in [0, 0.05) is 27.4 Å². The highest BCUT2D eigenvalue weighted by molar-refractivity contribution is 7.90. The monoisotopic (exact) mass is 550 g/mol. The van der Waals surface area contributed by atoms with E-state index in [1.807, 2.05) is 24.3 Å². The molecule has 0 unspecified atom stereocenters. The van der Waals surface area contributed by atoms with E-state index in [1.165, 1.54) is 37.7 Å². The first kappa shape index (κ1) is 31.5. The summed E-state index contributed by atoms with van der Waals surface area (Å²) >= 11 is 0. The predicted octanol–water partition coefficient (Wildman–Crippen LogP) is 7.16. The number of ether oxygens (including phenoxy) is 1. The molecule has 0 saturated carbocycles. The van der Waals surface area contributed by atoms with Crippen LogP contribution in [0.3, 0.4) is 0 Å². The van der Waals surface area contributed by atoms with Crippen LogP contribution < -0.4 is 4.74 Å². The Labute approximate surface area is 226 Å². The zero-order valence-corrected chi connectivity index (χ0v) is 25.1. The summed E-state index contributed by atoms with van der Waals surface area (Å²) in [5.74, 6) is 1.14. The minimum atomic E-state index is -3.39. The van der Waals surface area contributed by atoms with Crippen molar-refractivity contribution in [1.82, 2.24) is 0 Å². The molecule has 0 heterocycles. The first-order chi connectivity index (χ1) is 17.7. The van der Waals surface area contributed by atoms with Crippen LogP contribution in [0, 0.1) is 0 Å². The van der Waals surface area contributed by atoms with Gasteiger partial charge >= 0.3 is 8.80 Å². The molecule has 2 aromatic rings. The van der Waals surface area contributed by atoms with Crippen LogP contribution in [0.1, 0.15) is 82.3 Å². The van der Waals surface area contributed by atoms with Gasteiger partial charge in [-0.2, -0.15) is 0 Å². The average molecular weight is 551 g/mol. The van der Waals surface area contributed by atoms with Gasteiger partial charge in [-0.25, -0.2) is 8.42 Å². The van der Waals surface area contributed by atoms with Crippen molar-refractivity contribution in [3.05, 3.63) is 59.7 Å². The molecule has 208 valence electrons. The third-order valence-corrected chi connectivity index (χ3v) is 11.3. The minimum Gasteiger partial charge on any atom is -0.494 e. The van der Waals surface area contributed by atoms with E-state index in [1.54, 1.807) is 45.6 Å². The lowest BCUT2D eigenvalue weighted by molar-refractivity contribution is 0.122. The van der Waals surface area contributed by atoms with Gasteiger partial charge in [0.05, 0.1) is 17.3 Å². The molecule has 0 aliphatic carbocycles. The van der Waals surface area contributed by atoms with Crippen molar-refractivity contribution in [3.8, 4) is 5.75 Å². The van der Waals surface area contributed by atoms with Gasteiger partial charge in [-0.05, 0) is 54.2 Å². The van der Waals surface area contributed by atoms with Gasteiger partial charge in [0.25, 0.3) is 0 Å². The zero-order valence-electron chi connectivity index (χ0n) is 23.3. The van der Waals surface area contributed by atoms with E-state index in [4.69, 9.17) is 18.0 Å². The largest absolute Gasteiger partial charge is 0.500 e. The van der Waals surface area contributed by atoms with Crippen LogP contribution in [0.2, 0.25) is 6.04 Å². The number of hydrogen-bond donors (Lipinski definition) is 0. The Morgan fingerprint density at radius 2 is 1.22 bits per heavy atom. The Morgan fingerprint density at radius 3 is 1.73 bits per heavy atom. The minimum absolute atomic E-state index is 0.00154. The zero-order chi connectivity index (χ0) is 27.2. The Kier molecular flexibility index (Phi) is 13.9. The quantitative estimate of drug-likeness (QED) is 0.136. The van der Waals surface area contributed by atoms with Crippen LogP contribution in [-0.4, -0.2) is 45.2 Å². The fourth-order valence-corrected chi connectivity index (χ4v) is 7.44. The van der Waals surface area contributed by atoms with Gasteiger partial charge in [-0.15, -0.1) is 0 Å². The maximum atomic E-state index is 12.8. The van der Waals surface area contributed by atoms with Crippen molar-refractivity contribution in [2.45, 2.75) is 87.8 Å². The van der Waals surface area contributed by atoms with Crippen molar-refractivity contribution in [2.24, 2.45) is 0 Å². The van der Waals surface area contributed by atoms with Crippen molar-refractivity contribution in [1.29, 1.82) is 0 Å².